The molecule has 140 valence electrons. The molecular formula is C20H31FN2O2. The first-order valence-corrected chi connectivity index (χ1v) is 9.61. The van der Waals surface area contributed by atoms with Gasteiger partial charge in [-0.25, -0.2) is 4.39 Å². The Morgan fingerprint density at radius 1 is 1.32 bits per heavy atom. The molecule has 0 unspecified atom stereocenters. The SMILES string of the molecule is CN[C@@H]1C[C@@]2(C)C(=CC(O)=C3[C@@H]4C[C@@H](F)[C@H](N)[C@@]4(C)CC[C@@H]32)C[C@H]1O. The molecule has 0 heterocycles. The smallest absolute Gasteiger partial charge is 0.116 e. The van der Waals surface area contributed by atoms with E-state index >= 15 is 0 Å². The van der Waals surface area contributed by atoms with Crippen LogP contribution in [0.5, 0.6) is 0 Å². The van der Waals surface area contributed by atoms with Crippen LogP contribution in [0.1, 0.15) is 46.0 Å². The summed E-state index contributed by atoms with van der Waals surface area (Å²) in [5, 5.41) is 24.5. The number of allylic oxidation sites excluding steroid dienone is 2. The minimum Gasteiger partial charge on any atom is -0.508 e. The molecule has 3 saturated carbocycles. The number of nitrogens with one attached hydrogen (secondary N) is 1. The number of rotatable bonds is 1. The topological polar surface area (TPSA) is 78.5 Å². The van der Waals surface area contributed by atoms with Crippen molar-refractivity contribution in [3.63, 3.8) is 0 Å². The second kappa shape index (κ2) is 5.54. The number of likely N-dealkylation sites (N-methyl/N-ethyl adjacent to an activating group) is 1. The lowest BCUT2D eigenvalue weighted by Gasteiger charge is -2.55. The molecule has 4 rings (SSSR count). The average Bonchev–Trinajstić information content (AvgIpc) is 2.79. The summed E-state index contributed by atoms with van der Waals surface area (Å²) in [6, 6.07) is -0.396. The molecule has 4 aliphatic carbocycles. The first-order chi connectivity index (χ1) is 11.7. The van der Waals surface area contributed by atoms with Gasteiger partial charge in [0, 0.05) is 12.1 Å². The van der Waals surface area contributed by atoms with Crippen molar-refractivity contribution in [1.29, 1.82) is 0 Å². The minimum absolute atomic E-state index is 0.0192. The normalized spacial score (nSPS) is 52.3. The van der Waals surface area contributed by atoms with E-state index in [1.165, 1.54) is 0 Å². The number of halogens is 1. The predicted octanol–water partition coefficient (Wildman–Crippen LogP) is 2.59. The molecule has 0 radical (unpaired) electrons. The highest BCUT2D eigenvalue weighted by Gasteiger charge is 2.60. The van der Waals surface area contributed by atoms with E-state index in [4.69, 9.17) is 5.73 Å². The molecule has 5 N–H and O–H groups in total. The fourth-order valence-corrected chi connectivity index (χ4v) is 6.44. The lowest BCUT2D eigenvalue weighted by atomic mass is 9.50. The third-order valence-corrected chi connectivity index (χ3v) is 8.15. The first kappa shape index (κ1) is 17.5. The van der Waals surface area contributed by atoms with Crippen molar-refractivity contribution in [3.8, 4) is 0 Å². The highest BCUT2D eigenvalue weighted by Crippen LogP contribution is 2.64. The molecule has 0 spiro atoms. The fourth-order valence-electron chi connectivity index (χ4n) is 6.44. The maximum Gasteiger partial charge on any atom is 0.116 e. The summed E-state index contributed by atoms with van der Waals surface area (Å²) < 4.78 is 14.5. The van der Waals surface area contributed by atoms with Crippen LogP contribution in [-0.4, -0.2) is 41.6 Å². The van der Waals surface area contributed by atoms with Crippen LogP contribution in [-0.2, 0) is 0 Å². The zero-order chi connectivity index (χ0) is 18.1. The van der Waals surface area contributed by atoms with Gasteiger partial charge in [-0.1, -0.05) is 19.4 Å². The minimum atomic E-state index is -0.995. The molecule has 0 aromatic heterocycles. The highest BCUT2D eigenvalue weighted by atomic mass is 19.1. The second-order valence-corrected chi connectivity index (χ2v) is 9.23. The van der Waals surface area contributed by atoms with E-state index in [-0.39, 0.29) is 28.7 Å². The molecule has 0 aromatic rings. The molecule has 0 saturated heterocycles. The van der Waals surface area contributed by atoms with Gasteiger partial charge in [-0.05, 0) is 73.5 Å². The van der Waals surface area contributed by atoms with E-state index in [9.17, 15) is 14.6 Å². The number of hydrogen-bond acceptors (Lipinski definition) is 4. The number of alkyl halides is 1. The van der Waals surface area contributed by atoms with Crippen molar-refractivity contribution >= 4 is 0 Å². The Morgan fingerprint density at radius 2 is 2.04 bits per heavy atom. The Morgan fingerprint density at radius 3 is 2.72 bits per heavy atom. The molecule has 0 amide bonds. The molecule has 3 fully saturated rings. The van der Waals surface area contributed by atoms with Gasteiger partial charge in [-0.2, -0.15) is 0 Å². The molecule has 4 nitrogen and oxygen atoms in total. The summed E-state index contributed by atoms with van der Waals surface area (Å²) in [6.45, 7) is 4.36. The molecule has 0 aliphatic heterocycles. The third-order valence-electron chi connectivity index (χ3n) is 8.15. The Labute approximate surface area is 149 Å². The van der Waals surface area contributed by atoms with Crippen molar-refractivity contribution < 1.29 is 14.6 Å². The highest BCUT2D eigenvalue weighted by molar-refractivity contribution is 5.42. The van der Waals surface area contributed by atoms with Crippen LogP contribution < -0.4 is 11.1 Å². The van der Waals surface area contributed by atoms with E-state index in [0.29, 0.717) is 18.6 Å². The summed E-state index contributed by atoms with van der Waals surface area (Å²) in [7, 11) is 1.89. The zero-order valence-corrected chi connectivity index (χ0v) is 15.4. The average molecular weight is 350 g/mol. The largest absolute Gasteiger partial charge is 0.508 e. The van der Waals surface area contributed by atoms with E-state index in [1.807, 2.05) is 13.1 Å². The maximum absolute atomic E-state index is 14.5. The van der Waals surface area contributed by atoms with Gasteiger partial charge in [0.25, 0.3) is 0 Å². The van der Waals surface area contributed by atoms with Crippen LogP contribution >= 0.6 is 0 Å². The van der Waals surface area contributed by atoms with E-state index < -0.39 is 18.3 Å². The zero-order valence-electron chi connectivity index (χ0n) is 15.4. The Balaban J connectivity index is 1.78. The molecular weight excluding hydrogens is 319 g/mol. The lowest BCUT2D eigenvalue weighted by molar-refractivity contribution is 0.0286. The molecule has 0 aromatic carbocycles. The van der Waals surface area contributed by atoms with Crippen LogP contribution in [0.2, 0.25) is 0 Å². The Kier molecular flexibility index (Phi) is 3.88. The molecule has 5 heteroatoms. The quantitative estimate of drug-likeness (QED) is 0.586. The van der Waals surface area contributed by atoms with Gasteiger partial charge in [0.15, 0.2) is 0 Å². The standard InChI is InChI=1S/C20H31FN2O2/c1-19-5-4-11-17(12(19)8-13(21)18(19)22)16(25)7-10-6-15(24)14(23-3)9-20(10,11)2/h7,11-15,18,23-25H,4-6,8-9,22H2,1-3H3/t11-,12-,13+,14+,15+,18-,19-,20-/m0/s1. The van der Waals surface area contributed by atoms with Crippen molar-refractivity contribution in [2.24, 2.45) is 28.4 Å². The summed E-state index contributed by atoms with van der Waals surface area (Å²) in [6.07, 6.45) is 4.11. The molecule has 8 atom stereocenters. The predicted molar refractivity (Wildman–Crippen MR) is 95.7 cm³/mol. The number of hydrogen-bond donors (Lipinski definition) is 4. The first-order valence-electron chi connectivity index (χ1n) is 9.61. The van der Waals surface area contributed by atoms with Gasteiger partial charge in [-0.15, -0.1) is 0 Å². The van der Waals surface area contributed by atoms with Gasteiger partial charge in [-0.3, -0.25) is 0 Å². The van der Waals surface area contributed by atoms with Crippen LogP contribution in [0.3, 0.4) is 0 Å². The number of aliphatic hydroxyl groups is 2. The summed E-state index contributed by atoms with van der Waals surface area (Å²) in [5.74, 6) is 0.544. The van der Waals surface area contributed by atoms with Gasteiger partial charge >= 0.3 is 0 Å². The monoisotopic (exact) mass is 350 g/mol. The molecule has 0 bridgehead atoms. The lowest BCUT2D eigenvalue weighted by Crippen LogP contribution is -2.54. The van der Waals surface area contributed by atoms with E-state index in [2.05, 4.69) is 19.2 Å². The van der Waals surface area contributed by atoms with Crippen LogP contribution in [0.25, 0.3) is 0 Å². The van der Waals surface area contributed by atoms with Gasteiger partial charge in [0.05, 0.1) is 6.10 Å². The molecule has 25 heavy (non-hydrogen) atoms. The maximum atomic E-state index is 14.5. The van der Waals surface area contributed by atoms with Crippen LogP contribution in [0.4, 0.5) is 4.39 Å². The second-order valence-electron chi connectivity index (χ2n) is 9.23. The van der Waals surface area contributed by atoms with E-state index in [1.54, 1.807) is 0 Å². The summed E-state index contributed by atoms with van der Waals surface area (Å²) >= 11 is 0. The van der Waals surface area contributed by atoms with E-state index in [0.717, 1.165) is 30.4 Å². The third kappa shape index (κ3) is 2.22. The number of nitrogens with two attached hydrogens (primary N) is 1. The number of fused-ring (bicyclic) bond motifs is 5. The summed E-state index contributed by atoms with van der Waals surface area (Å²) in [4.78, 5) is 0. The van der Waals surface area contributed by atoms with Crippen LogP contribution in [0.15, 0.2) is 23.0 Å². The van der Waals surface area contributed by atoms with Gasteiger partial charge in [0.2, 0.25) is 0 Å². The van der Waals surface area contributed by atoms with Gasteiger partial charge in [0.1, 0.15) is 11.9 Å². The van der Waals surface area contributed by atoms with Crippen molar-refractivity contribution in [2.75, 3.05) is 7.05 Å². The number of aliphatic hydroxyl groups excluding tert-OH is 2. The van der Waals surface area contributed by atoms with Crippen LogP contribution in [0, 0.1) is 22.7 Å². The van der Waals surface area contributed by atoms with Crippen molar-refractivity contribution in [2.45, 2.75) is 70.3 Å². The Hall–Kier alpha value is -0.910. The fraction of sp³-hybridized carbons (Fsp3) is 0.800. The Bertz CT molecular complexity index is 648. The van der Waals surface area contributed by atoms with Crippen molar-refractivity contribution in [3.05, 3.63) is 23.0 Å². The summed E-state index contributed by atoms with van der Waals surface area (Å²) in [5.41, 5.74) is 8.04. The molecule has 4 aliphatic rings. The van der Waals surface area contributed by atoms with Crippen molar-refractivity contribution in [1.82, 2.24) is 5.32 Å². The van der Waals surface area contributed by atoms with Gasteiger partial charge < -0.3 is 21.3 Å².